The molecule has 0 spiro atoms. The number of hydrogen-bond acceptors (Lipinski definition) is 3. The predicted octanol–water partition coefficient (Wildman–Crippen LogP) is 8.62. The quantitative estimate of drug-likeness (QED) is 0.0906. The molecule has 0 bridgehead atoms. The van der Waals surface area contributed by atoms with Gasteiger partial charge in [-0.05, 0) is 19.3 Å². The molecule has 0 aliphatic heterocycles. The zero-order valence-corrected chi connectivity index (χ0v) is 23.7. The Balaban J connectivity index is 3.10. The summed E-state index contributed by atoms with van der Waals surface area (Å²) < 4.78 is 0. The Kier molecular flexibility index (Phi) is 29.1. The van der Waals surface area contributed by atoms with Crippen molar-refractivity contribution in [3.63, 3.8) is 0 Å². The first kappa shape index (κ1) is 34.4. The van der Waals surface area contributed by atoms with Crippen molar-refractivity contribution < 1.29 is 15.0 Å². The molecule has 0 unspecified atom stereocenters. The normalized spacial score (nSPS) is 12.2. The number of unbranched alkanes of at least 4 members (excludes halogenated alkanes) is 22. The molecule has 35 heavy (non-hydrogen) atoms. The van der Waals surface area contributed by atoms with Crippen LogP contribution in [0.2, 0.25) is 0 Å². The highest BCUT2D eigenvalue weighted by Gasteiger charge is 2.05. The highest BCUT2D eigenvalue weighted by Crippen LogP contribution is 2.15. The van der Waals surface area contributed by atoms with Crippen molar-refractivity contribution in [2.45, 2.75) is 180 Å². The first-order chi connectivity index (χ1) is 17.2. The third-order valence-electron chi connectivity index (χ3n) is 7.25. The monoisotopic (exact) mass is 497 g/mol. The standard InChI is InChI=1S/C31H63NO3/c1-2-3-4-5-6-7-8-9-10-11-12-13-14-15-16-17-18-19-20-21-22-23-24-28-32-31(35)27-25-26-30(34)29-33/h30,33-34H,2-29H2,1H3,(H,32,35)/t30-/m0/s1. The largest absolute Gasteiger partial charge is 0.394 e. The molecular formula is C31H63NO3. The van der Waals surface area contributed by atoms with Gasteiger partial charge in [-0.2, -0.15) is 0 Å². The second-order valence-corrected chi connectivity index (χ2v) is 10.9. The lowest BCUT2D eigenvalue weighted by atomic mass is 10.0. The molecule has 0 saturated heterocycles. The molecule has 0 aliphatic rings. The van der Waals surface area contributed by atoms with Gasteiger partial charge in [0.2, 0.25) is 5.91 Å². The molecule has 0 fully saturated rings. The van der Waals surface area contributed by atoms with Crippen LogP contribution in [0.1, 0.15) is 174 Å². The van der Waals surface area contributed by atoms with E-state index in [0.717, 1.165) is 13.0 Å². The van der Waals surface area contributed by atoms with E-state index in [1.165, 1.54) is 141 Å². The number of aliphatic hydroxyl groups excluding tert-OH is 2. The molecular weight excluding hydrogens is 434 g/mol. The van der Waals surface area contributed by atoms with Crippen molar-refractivity contribution in [2.75, 3.05) is 13.2 Å². The van der Waals surface area contributed by atoms with Gasteiger partial charge >= 0.3 is 0 Å². The summed E-state index contributed by atoms with van der Waals surface area (Å²) >= 11 is 0. The van der Waals surface area contributed by atoms with Gasteiger partial charge < -0.3 is 15.5 Å². The summed E-state index contributed by atoms with van der Waals surface area (Å²) in [5, 5.41) is 21.0. The second kappa shape index (κ2) is 29.6. The summed E-state index contributed by atoms with van der Waals surface area (Å²) in [6.07, 6.45) is 33.0. The molecule has 0 radical (unpaired) electrons. The van der Waals surface area contributed by atoms with Gasteiger partial charge in [0.1, 0.15) is 0 Å². The van der Waals surface area contributed by atoms with Gasteiger partial charge in [0, 0.05) is 13.0 Å². The van der Waals surface area contributed by atoms with E-state index >= 15 is 0 Å². The van der Waals surface area contributed by atoms with Crippen LogP contribution in [0.4, 0.5) is 0 Å². The van der Waals surface area contributed by atoms with Crippen LogP contribution in [0.25, 0.3) is 0 Å². The van der Waals surface area contributed by atoms with Crippen LogP contribution in [-0.2, 0) is 4.79 Å². The Morgan fingerprint density at radius 2 is 0.914 bits per heavy atom. The van der Waals surface area contributed by atoms with E-state index in [4.69, 9.17) is 5.11 Å². The Morgan fingerprint density at radius 1 is 0.571 bits per heavy atom. The number of rotatable bonds is 29. The van der Waals surface area contributed by atoms with Gasteiger partial charge in [-0.3, -0.25) is 4.79 Å². The Morgan fingerprint density at radius 3 is 1.26 bits per heavy atom. The van der Waals surface area contributed by atoms with Crippen molar-refractivity contribution >= 4 is 5.91 Å². The summed E-state index contributed by atoms with van der Waals surface area (Å²) in [6, 6.07) is 0. The van der Waals surface area contributed by atoms with Crippen LogP contribution in [0, 0.1) is 0 Å². The van der Waals surface area contributed by atoms with Crippen molar-refractivity contribution in [3.8, 4) is 0 Å². The molecule has 210 valence electrons. The maximum Gasteiger partial charge on any atom is 0.219 e. The van der Waals surface area contributed by atoms with E-state index < -0.39 is 6.10 Å². The molecule has 1 atom stereocenters. The summed E-state index contributed by atoms with van der Waals surface area (Å²) in [6.45, 7) is 2.83. The minimum atomic E-state index is -0.688. The van der Waals surface area contributed by atoms with Crippen LogP contribution in [0.3, 0.4) is 0 Å². The topological polar surface area (TPSA) is 69.6 Å². The molecule has 0 aliphatic carbocycles. The van der Waals surface area contributed by atoms with Crippen LogP contribution in [0.5, 0.6) is 0 Å². The molecule has 0 rings (SSSR count). The fourth-order valence-corrected chi connectivity index (χ4v) is 4.82. The van der Waals surface area contributed by atoms with Crippen LogP contribution >= 0.6 is 0 Å². The Bertz CT molecular complexity index is 416. The Hall–Kier alpha value is -0.610. The van der Waals surface area contributed by atoms with Crippen molar-refractivity contribution in [2.24, 2.45) is 0 Å². The van der Waals surface area contributed by atoms with Gasteiger partial charge in [-0.15, -0.1) is 0 Å². The van der Waals surface area contributed by atoms with Gasteiger partial charge in [-0.1, -0.05) is 148 Å². The molecule has 0 aromatic rings. The number of hydrogen-bond donors (Lipinski definition) is 3. The smallest absolute Gasteiger partial charge is 0.219 e. The van der Waals surface area contributed by atoms with Crippen LogP contribution < -0.4 is 5.32 Å². The third kappa shape index (κ3) is 29.5. The lowest BCUT2D eigenvalue weighted by Gasteiger charge is -2.07. The molecule has 4 heteroatoms. The third-order valence-corrected chi connectivity index (χ3v) is 7.25. The van der Waals surface area contributed by atoms with Gasteiger partial charge in [0.05, 0.1) is 12.7 Å². The fourth-order valence-electron chi connectivity index (χ4n) is 4.82. The zero-order valence-electron chi connectivity index (χ0n) is 23.7. The highest BCUT2D eigenvalue weighted by atomic mass is 16.3. The van der Waals surface area contributed by atoms with E-state index in [0.29, 0.717) is 19.3 Å². The van der Waals surface area contributed by atoms with Crippen molar-refractivity contribution in [1.82, 2.24) is 5.32 Å². The summed E-state index contributed by atoms with van der Waals surface area (Å²) in [4.78, 5) is 11.7. The number of carbonyl (C=O) groups excluding carboxylic acids is 1. The fraction of sp³-hybridized carbons (Fsp3) is 0.968. The first-order valence-corrected chi connectivity index (χ1v) is 15.8. The van der Waals surface area contributed by atoms with E-state index in [9.17, 15) is 9.90 Å². The Labute approximate surface area is 219 Å². The molecule has 0 saturated carbocycles. The summed E-state index contributed by atoms with van der Waals surface area (Å²) in [7, 11) is 0. The lowest BCUT2D eigenvalue weighted by Crippen LogP contribution is -2.24. The minimum Gasteiger partial charge on any atom is -0.394 e. The van der Waals surface area contributed by atoms with E-state index in [2.05, 4.69) is 12.2 Å². The first-order valence-electron chi connectivity index (χ1n) is 15.8. The number of aliphatic hydroxyl groups is 2. The van der Waals surface area contributed by atoms with Gasteiger partial charge in [0.15, 0.2) is 0 Å². The van der Waals surface area contributed by atoms with E-state index in [-0.39, 0.29) is 12.5 Å². The van der Waals surface area contributed by atoms with Crippen molar-refractivity contribution in [3.05, 3.63) is 0 Å². The maximum absolute atomic E-state index is 11.7. The van der Waals surface area contributed by atoms with Crippen LogP contribution in [-0.4, -0.2) is 35.4 Å². The molecule has 4 nitrogen and oxygen atoms in total. The lowest BCUT2D eigenvalue weighted by molar-refractivity contribution is -0.121. The van der Waals surface area contributed by atoms with Crippen LogP contribution in [0.15, 0.2) is 0 Å². The van der Waals surface area contributed by atoms with Gasteiger partial charge in [-0.25, -0.2) is 0 Å². The average Bonchev–Trinajstić information content (AvgIpc) is 2.86. The predicted molar refractivity (Wildman–Crippen MR) is 152 cm³/mol. The summed E-state index contributed by atoms with van der Waals surface area (Å²) in [5.41, 5.74) is 0. The minimum absolute atomic E-state index is 0.0638. The molecule has 0 heterocycles. The maximum atomic E-state index is 11.7. The molecule has 0 aromatic heterocycles. The number of amides is 1. The highest BCUT2D eigenvalue weighted by molar-refractivity contribution is 5.75. The van der Waals surface area contributed by atoms with Crippen molar-refractivity contribution in [1.29, 1.82) is 0 Å². The average molecular weight is 498 g/mol. The second-order valence-electron chi connectivity index (χ2n) is 10.9. The number of carbonyl (C=O) groups is 1. The van der Waals surface area contributed by atoms with Gasteiger partial charge in [0.25, 0.3) is 0 Å². The molecule has 0 aromatic carbocycles. The summed E-state index contributed by atoms with van der Waals surface area (Å²) in [5.74, 6) is 0.0638. The van der Waals surface area contributed by atoms with E-state index in [1.807, 2.05) is 0 Å². The SMILES string of the molecule is CCCCCCCCCCCCCCCCCCCCCCCCCNC(=O)CCC[C@H](O)CO. The molecule has 1 amide bonds. The number of nitrogens with one attached hydrogen (secondary N) is 1. The van der Waals surface area contributed by atoms with E-state index in [1.54, 1.807) is 0 Å². The zero-order chi connectivity index (χ0) is 25.7. The molecule has 3 N–H and O–H groups in total.